The predicted molar refractivity (Wildman–Crippen MR) is 63.0 cm³/mol. The Balaban J connectivity index is 3.20. The molecule has 0 unspecified atom stereocenters. The average Bonchev–Trinajstić information content (AvgIpc) is 2.28. The standard InChI is InChI=1S/C10H21N3O4/c1-2-11-4-3-5-12-10(16)13-6-7-17-8-9(14)15/h11H,2-8H2,1H3,(H,14,15)(H2,12,13,16). The number of carboxylic acid groups (broad SMARTS) is 1. The first-order valence-corrected chi connectivity index (χ1v) is 5.68. The molecule has 0 spiro atoms. The first kappa shape index (κ1) is 15.7. The fraction of sp³-hybridized carbons (Fsp3) is 0.800. The van der Waals surface area contributed by atoms with Gasteiger partial charge in [0.15, 0.2) is 0 Å². The van der Waals surface area contributed by atoms with E-state index in [1.807, 2.05) is 6.92 Å². The van der Waals surface area contributed by atoms with Crippen molar-refractivity contribution in [3.8, 4) is 0 Å². The molecule has 17 heavy (non-hydrogen) atoms. The highest BCUT2D eigenvalue weighted by atomic mass is 16.5. The number of carboxylic acids is 1. The minimum absolute atomic E-state index is 0.192. The summed E-state index contributed by atoms with van der Waals surface area (Å²) in [6, 6.07) is -0.263. The number of nitrogens with one attached hydrogen (secondary N) is 3. The molecule has 0 aliphatic carbocycles. The lowest BCUT2D eigenvalue weighted by Crippen LogP contribution is -2.38. The van der Waals surface area contributed by atoms with E-state index < -0.39 is 5.97 Å². The molecule has 0 fully saturated rings. The van der Waals surface area contributed by atoms with Crippen LogP contribution in [0.2, 0.25) is 0 Å². The van der Waals surface area contributed by atoms with Crippen molar-refractivity contribution < 1.29 is 19.4 Å². The zero-order valence-corrected chi connectivity index (χ0v) is 10.1. The molecule has 0 heterocycles. The van der Waals surface area contributed by atoms with Crippen molar-refractivity contribution in [2.24, 2.45) is 0 Å². The first-order chi connectivity index (χ1) is 8.16. The summed E-state index contributed by atoms with van der Waals surface area (Å²) in [6.07, 6.45) is 0.872. The Kier molecular flexibility index (Phi) is 10.3. The van der Waals surface area contributed by atoms with Crippen molar-refractivity contribution in [1.82, 2.24) is 16.0 Å². The molecule has 0 saturated heterocycles. The molecule has 7 nitrogen and oxygen atoms in total. The second-order valence-electron chi connectivity index (χ2n) is 3.34. The molecule has 4 N–H and O–H groups in total. The smallest absolute Gasteiger partial charge is 0.329 e. The topological polar surface area (TPSA) is 99.7 Å². The highest BCUT2D eigenvalue weighted by molar-refractivity contribution is 5.73. The maximum absolute atomic E-state index is 11.2. The van der Waals surface area contributed by atoms with Crippen LogP contribution in [0.5, 0.6) is 0 Å². The second kappa shape index (κ2) is 11.2. The van der Waals surface area contributed by atoms with E-state index in [4.69, 9.17) is 9.84 Å². The lowest BCUT2D eigenvalue weighted by molar-refractivity contribution is -0.142. The Morgan fingerprint density at radius 1 is 1.18 bits per heavy atom. The molecular weight excluding hydrogens is 226 g/mol. The van der Waals surface area contributed by atoms with Gasteiger partial charge in [-0.3, -0.25) is 0 Å². The van der Waals surface area contributed by atoms with Gasteiger partial charge in [0.1, 0.15) is 6.61 Å². The third kappa shape index (κ3) is 12.6. The van der Waals surface area contributed by atoms with E-state index in [0.29, 0.717) is 13.1 Å². The first-order valence-electron chi connectivity index (χ1n) is 5.68. The number of carbonyl (C=O) groups excluding carboxylic acids is 1. The van der Waals surface area contributed by atoms with Gasteiger partial charge in [0.05, 0.1) is 6.61 Å². The summed E-state index contributed by atoms with van der Waals surface area (Å²) in [5.74, 6) is -1.02. The van der Waals surface area contributed by atoms with Crippen LogP contribution >= 0.6 is 0 Å². The second-order valence-corrected chi connectivity index (χ2v) is 3.34. The fourth-order valence-electron chi connectivity index (χ4n) is 1.05. The molecule has 0 aromatic heterocycles. The van der Waals surface area contributed by atoms with Crippen molar-refractivity contribution in [3.05, 3.63) is 0 Å². The van der Waals surface area contributed by atoms with Crippen LogP contribution in [-0.2, 0) is 9.53 Å². The van der Waals surface area contributed by atoms with Crippen molar-refractivity contribution in [2.75, 3.05) is 39.4 Å². The highest BCUT2D eigenvalue weighted by Crippen LogP contribution is 1.76. The molecule has 0 saturated carbocycles. The van der Waals surface area contributed by atoms with E-state index >= 15 is 0 Å². The number of hydrogen-bond acceptors (Lipinski definition) is 4. The van der Waals surface area contributed by atoms with Gasteiger partial charge in [0, 0.05) is 13.1 Å². The lowest BCUT2D eigenvalue weighted by atomic mass is 10.4. The molecule has 0 rings (SSSR count). The average molecular weight is 247 g/mol. The van der Waals surface area contributed by atoms with Crippen LogP contribution in [0.15, 0.2) is 0 Å². The number of carbonyl (C=O) groups is 2. The third-order valence-corrected chi connectivity index (χ3v) is 1.82. The van der Waals surface area contributed by atoms with Gasteiger partial charge in [0.25, 0.3) is 0 Å². The normalized spacial score (nSPS) is 9.94. The summed E-state index contributed by atoms with van der Waals surface area (Å²) in [7, 11) is 0. The lowest BCUT2D eigenvalue weighted by Gasteiger charge is -2.07. The maximum Gasteiger partial charge on any atom is 0.329 e. The van der Waals surface area contributed by atoms with Crippen LogP contribution in [0.4, 0.5) is 4.79 Å². The van der Waals surface area contributed by atoms with Gasteiger partial charge in [-0.15, -0.1) is 0 Å². The van der Waals surface area contributed by atoms with Crippen molar-refractivity contribution in [3.63, 3.8) is 0 Å². The van der Waals surface area contributed by atoms with E-state index in [9.17, 15) is 9.59 Å². The number of rotatable bonds is 10. The zero-order chi connectivity index (χ0) is 12.9. The molecule has 0 aliphatic heterocycles. The molecule has 0 radical (unpaired) electrons. The molecule has 0 aliphatic rings. The molecule has 7 heteroatoms. The number of amides is 2. The minimum atomic E-state index is -1.02. The van der Waals surface area contributed by atoms with E-state index in [1.165, 1.54) is 0 Å². The summed E-state index contributed by atoms with van der Waals surface area (Å²) in [6.45, 7) is 4.58. The van der Waals surface area contributed by atoms with E-state index in [1.54, 1.807) is 0 Å². The fourth-order valence-corrected chi connectivity index (χ4v) is 1.05. The van der Waals surface area contributed by atoms with Gasteiger partial charge in [-0.05, 0) is 19.5 Å². The molecule has 0 atom stereocenters. The monoisotopic (exact) mass is 247 g/mol. The summed E-state index contributed by atoms with van der Waals surface area (Å²) >= 11 is 0. The predicted octanol–water partition coefficient (Wildman–Crippen LogP) is -0.614. The van der Waals surface area contributed by atoms with Crippen molar-refractivity contribution in [1.29, 1.82) is 0 Å². The van der Waals surface area contributed by atoms with E-state index in [2.05, 4.69) is 16.0 Å². The van der Waals surface area contributed by atoms with Crippen LogP contribution < -0.4 is 16.0 Å². The van der Waals surface area contributed by atoms with E-state index in [-0.39, 0.29) is 19.2 Å². The molecular formula is C10H21N3O4. The van der Waals surface area contributed by atoms with Gasteiger partial charge in [-0.2, -0.15) is 0 Å². The Morgan fingerprint density at radius 2 is 1.88 bits per heavy atom. The Bertz CT molecular complexity index is 224. The van der Waals surface area contributed by atoms with Gasteiger partial charge in [0.2, 0.25) is 0 Å². The van der Waals surface area contributed by atoms with Crippen LogP contribution in [0.3, 0.4) is 0 Å². The Hall–Kier alpha value is -1.34. The van der Waals surface area contributed by atoms with Gasteiger partial charge < -0.3 is 25.8 Å². The summed E-state index contributed by atoms with van der Waals surface area (Å²) in [4.78, 5) is 21.3. The van der Waals surface area contributed by atoms with Crippen LogP contribution in [0.1, 0.15) is 13.3 Å². The minimum Gasteiger partial charge on any atom is -0.480 e. The SMILES string of the molecule is CCNCCCNC(=O)NCCOCC(=O)O. The van der Waals surface area contributed by atoms with Crippen LogP contribution in [0.25, 0.3) is 0 Å². The highest BCUT2D eigenvalue weighted by Gasteiger charge is 1.99. The summed E-state index contributed by atoms with van der Waals surface area (Å²) in [5.41, 5.74) is 0. The zero-order valence-electron chi connectivity index (χ0n) is 10.1. The van der Waals surface area contributed by atoms with Crippen molar-refractivity contribution in [2.45, 2.75) is 13.3 Å². The largest absolute Gasteiger partial charge is 0.480 e. The number of urea groups is 1. The maximum atomic E-state index is 11.2. The quantitative estimate of drug-likeness (QED) is 0.386. The molecule has 0 aromatic rings. The Morgan fingerprint density at radius 3 is 2.53 bits per heavy atom. The molecule has 0 aromatic carbocycles. The number of hydrogen-bond donors (Lipinski definition) is 4. The number of aliphatic carboxylic acids is 1. The molecule has 2 amide bonds. The summed E-state index contributed by atoms with van der Waals surface area (Å²) < 4.78 is 4.75. The Labute approximate surface area is 101 Å². The van der Waals surface area contributed by atoms with Crippen LogP contribution in [-0.4, -0.2) is 56.5 Å². The number of ether oxygens (including phenoxy) is 1. The van der Waals surface area contributed by atoms with E-state index in [0.717, 1.165) is 19.5 Å². The van der Waals surface area contributed by atoms with Crippen molar-refractivity contribution >= 4 is 12.0 Å². The van der Waals surface area contributed by atoms with Gasteiger partial charge in [-0.1, -0.05) is 6.92 Å². The molecule has 100 valence electrons. The van der Waals surface area contributed by atoms with Gasteiger partial charge in [-0.25, -0.2) is 9.59 Å². The van der Waals surface area contributed by atoms with Crippen LogP contribution in [0, 0.1) is 0 Å². The summed E-state index contributed by atoms with van der Waals surface area (Å²) in [5, 5.41) is 16.7. The third-order valence-electron chi connectivity index (χ3n) is 1.82. The molecule has 0 bridgehead atoms. The van der Waals surface area contributed by atoms with Gasteiger partial charge >= 0.3 is 12.0 Å².